The normalized spacial score (nSPS) is 11.5. The zero-order valence-corrected chi connectivity index (χ0v) is 18.3. The summed E-state index contributed by atoms with van der Waals surface area (Å²) in [5, 5.41) is 3.46. The van der Waals surface area contributed by atoms with Crippen LogP contribution in [0.1, 0.15) is 13.8 Å². The summed E-state index contributed by atoms with van der Waals surface area (Å²) < 4.78 is 31.8. The molecule has 2 aromatic carbocycles. The van der Waals surface area contributed by atoms with E-state index in [4.69, 9.17) is 39.5 Å². The smallest absolute Gasteiger partial charge is 0.262 e. The Morgan fingerprint density at radius 3 is 2.18 bits per heavy atom. The van der Waals surface area contributed by atoms with E-state index in [0.29, 0.717) is 28.8 Å². The third-order valence-electron chi connectivity index (χ3n) is 3.75. The van der Waals surface area contributed by atoms with Gasteiger partial charge in [0.1, 0.15) is 5.75 Å². The molecule has 0 unspecified atom stereocenters. The van der Waals surface area contributed by atoms with E-state index in [0.717, 1.165) is 0 Å². The van der Waals surface area contributed by atoms with E-state index in [9.17, 15) is 13.2 Å². The second-order valence-electron chi connectivity index (χ2n) is 5.68. The van der Waals surface area contributed by atoms with Crippen molar-refractivity contribution < 1.29 is 17.9 Å². The highest BCUT2D eigenvalue weighted by Gasteiger charge is 2.22. The van der Waals surface area contributed by atoms with Gasteiger partial charge in [0.05, 0.1) is 9.92 Å². The van der Waals surface area contributed by atoms with Gasteiger partial charge in [-0.15, -0.1) is 0 Å². The van der Waals surface area contributed by atoms with Crippen LogP contribution in [-0.4, -0.2) is 38.3 Å². The first-order chi connectivity index (χ1) is 13.2. The fourth-order valence-electron chi connectivity index (χ4n) is 2.44. The second kappa shape index (κ2) is 9.80. The molecule has 0 aromatic heterocycles. The molecule has 10 heteroatoms. The van der Waals surface area contributed by atoms with Gasteiger partial charge in [-0.2, -0.15) is 4.31 Å². The maximum Gasteiger partial charge on any atom is 0.262 e. The summed E-state index contributed by atoms with van der Waals surface area (Å²) in [5.41, 5.74) is 0.429. The maximum absolute atomic E-state index is 12.5. The number of hydrogen-bond acceptors (Lipinski definition) is 4. The molecule has 0 saturated heterocycles. The second-order valence-corrected chi connectivity index (χ2v) is 8.89. The van der Waals surface area contributed by atoms with E-state index >= 15 is 0 Å². The third kappa shape index (κ3) is 5.75. The Hall–Kier alpha value is -1.51. The quantitative estimate of drug-likeness (QED) is 0.613. The molecule has 0 aliphatic rings. The fourth-order valence-corrected chi connectivity index (χ4v) is 4.75. The minimum absolute atomic E-state index is 0.0616. The van der Waals surface area contributed by atoms with Crippen molar-refractivity contribution in [3.63, 3.8) is 0 Å². The standard InChI is InChI=1S/C18H19Cl3N2O4S/c1-3-23(4-2)28(25,26)15-5-6-17(16(21)10-15)27-11-18(24)22-14-8-12(19)7-13(20)9-14/h5-10H,3-4,11H2,1-2H3,(H,22,24). The van der Waals surface area contributed by atoms with Gasteiger partial charge in [-0.3, -0.25) is 4.79 Å². The van der Waals surface area contributed by atoms with E-state index < -0.39 is 15.9 Å². The van der Waals surface area contributed by atoms with Gasteiger partial charge in [0.25, 0.3) is 5.91 Å². The number of amides is 1. The predicted octanol–water partition coefficient (Wildman–Crippen LogP) is 4.69. The monoisotopic (exact) mass is 464 g/mol. The number of halogens is 3. The van der Waals surface area contributed by atoms with E-state index in [1.54, 1.807) is 32.0 Å². The van der Waals surface area contributed by atoms with Crippen LogP contribution < -0.4 is 10.1 Å². The van der Waals surface area contributed by atoms with Crippen molar-refractivity contribution in [3.05, 3.63) is 51.5 Å². The molecule has 0 atom stereocenters. The highest BCUT2D eigenvalue weighted by atomic mass is 35.5. The van der Waals surface area contributed by atoms with Crippen LogP contribution in [0, 0.1) is 0 Å². The van der Waals surface area contributed by atoms with Crippen molar-refractivity contribution in [2.45, 2.75) is 18.7 Å². The van der Waals surface area contributed by atoms with E-state index in [2.05, 4.69) is 5.32 Å². The molecule has 0 saturated carbocycles. The van der Waals surface area contributed by atoms with Crippen LogP contribution >= 0.6 is 34.8 Å². The molecule has 0 fully saturated rings. The number of carbonyl (C=O) groups excluding carboxylic acids is 1. The lowest BCUT2D eigenvalue weighted by atomic mass is 10.3. The van der Waals surface area contributed by atoms with E-state index in [-0.39, 0.29) is 22.3 Å². The summed E-state index contributed by atoms with van der Waals surface area (Å²) >= 11 is 17.9. The summed E-state index contributed by atoms with van der Waals surface area (Å²) in [4.78, 5) is 12.1. The number of nitrogens with one attached hydrogen (secondary N) is 1. The molecule has 2 aromatic rings. The number of rotatable bonds is 8. The first kappa shape index (κ1) is 22.8. The number of benzene rings is 2. The SMILES string of the molecule is CCN(CC)S(=O)(=O)c1ccc(OCC(=O)Nc2cc(Cl)cc(Cl)c2)c(Cl)c1. The zero-order chi connectivity index (χ0) is 20.9. The number of hydrogen-bond donors (Lipinski definition) is 1. The van der Waals surface area contributed by atoms with Gasteiger partial charge >= 0.3 is 0 Å². The molecule has 0 aliphatic carbocycles. The van der Waals surface area contributed by atoms with E-state index in [1.165, 1.54) is 22.5 Å². The minimum Gasteiger partial charge on any atom is -0.482 e. The average Bonchev–Trinajstić information content (AvgIpc) is 2.60. The van der Waals surface area contributed by atoms with Gasteiger partial charge in [-0.25, -0.2) is 8.42 Å². The molecule has 152 valence electrons. The summed E-state index contributed by atoms with van der Waals surface area (Å²) in [7, 11) is -3.63. The van der Waals surface area contributed by atoms with Gasteiger partial charge < -0.3 is 10.1 Å². The molecule has 0 radical (unpaired) electrons. The predicted molar refractivity (Wildman–Crippen MR) is 112 cm³/mol. The summed E-state index contributed by atoms with van der Waals surface area (Å²) in [6.07, 6.45) is 0. The molecule has 0 bridgehead atoms. The van der Waals surface area contributed by atoms with Crippen molar-refractivity contribution in [3.8, 4) is 5.75 Å². The van der Waals surface area contributed by atoms with Crippen LogP contribution in [0.4, 0.5) is 5.69 Å². The molecular weight excluding hydrogens is 447 g/mol. The van der Waals surface area contributed by atoms with E-state index in [1.807, 2.05) is 0 Å². The number of sulfonamides is 1. The number of anilines is 1. The van der Waals surface area contributed by atoms with Crippen LogP contribution in [0.15, 0.2) is 41.3 Å². The largest absolute Gasteiger partial charge is 0.482 e. The molecule has 1 N–H and O–H groups in total. The Morgan fingerprint density at radius 2 is 1.64 bits per heavy atom. The Bertz CT molecular complexity index is 943. The van der Waals surface area contributed by atoms with Crippen molar-refractivity contribution in [2.24, 2.45) is 0 Å². The molecule has 6 nitrogen and oxygen atoms in total. The Labute approximate surface area is 179 Å². The van der Waals surface area contributed by atoms with Crippen molar-refractivity contribution in [2.75, 3.05) is 25.0 Å². The highest BCUT2D eigenvalue weighted by Crippen LogP contribution is 2.29. The maximum atomic E-state index is 12.5. The first-order valence-electron chi connectivity index (χ1n) is 8.35. The zero-order valence-electron chi connectivity index (χ0n) is 15.2. The Kier molecular flexibility index (Phi) is 7.97. The van der Waals surface area contributed by atoms with Crippen molar-refractivity contribution in [1.82, 2.24) is 4.31 Å². The molecule has 0 spiro atoms. The molecule has 28 heavy (non-hydrogen) atoms. The van der Waals surface area contributed by atoms with Crippen LogP contribution in [0.3, 0.4) is 0 Å². The Morgan fingerprint density at radius 1 is 1.04 bits per heavy atom. The summed E-state index contributed by atoms with van der Waals surface area (Å²) in [6.45, 7) is 3.88. The van der Waals surface area contributed by atoms with Gasteiger partial charge in [-0.05, 0) is 36.4 Å². The van der Waals surface area contributed by atoms with Crippen molar-refractivity contribution >= 4 is 56.4 Å². The minimum atomic E-state index is -3.63. The van der Waals surface area contributed by atoms with Gasteiger partial charge in [-0.1, -0.05) is 48.7 Å². The fraction of sp³-hybridized carbons (Fsp3) is 0.278. The van der Waals surface area contributed by atoms with Crippen LogP contribution in [-0.2, 0) is 14.8 Å². The summed E-state index contributed by atoms with van der Waals surface area (Å²) in [6, 6.07) is 8.75. The van der Waals surface area contributed by atoms with Gasteiger partial charge in [0.15, 0.2) is 6.61 Å². The average molecular weight is 466 g/mol. The van der Waals surface area contributed by atoms with Gasteiger partial charge in [0, 0.05) is 28.8 Å². The number of carbonyl (C=O) groups is 1. The molecule has 2 rings (SSSR count). The van der Waals surface area contributed by atoms with Crippen LogP contribution in [0.2, 0.25) is 15.1 Å². The third-order valence-corrected chi connectivity index (χ3v) is 6.53. The number of nitrogens with zero attached hydrogens (tertiary/aromatic N) is 1. The lowest BCUT2D eigenvalue weighted by Gasteiger charge is -2.19. The summed E-state index contributed by atoms with van der Waals surface area (Å²) in [5.74, 6) is -0.256. The lowest BCUT2D eigenvalue weighted by molar-refractivity contribution is -0.118. The van der Waals surface area contributed by atoms with Crippen molar-refractivity contribution in [1.29, 1.82) is 0 Å². The molecule has 1 amide bonds. The Balaban J connectivity index is 2.06. The first-order valence-corrected chi connectivity index (χ1v) is 10.9. The topological polar surface area (TPSA) is 75.7 Å². The highest BCUT2D eigenvalue weighted by molar-refractivity contribution is 7.89. The van der Waals surface area contributed by atoms with Crippen LogP contribution in [0.25, 0.3) is 0 Å². The molecule has 0 heterocycles. The number of ether oxygens (including phenoxy) is 1. The van der Waals surface area contributed by atoms with Crippen LogP contribution in [0.5, 0.6) is 5.75 Å². The van der Waals surface area contributed by atoms with Gasteiger partial charge in [0.2, 0.25) is 10.0 Å². The lowest BCUT2D eigenvalue weighted by Crippen LogP contribution is -2.30. The molecular formula is C18H19Cl3N2O4S. The molecule has 0 aliphatic heterocycles.